The Kier molecular flexibility index (Phi) is 6.22. The Morgan fingerprint density at radius 1 is 1.43 bits per heavy atom. The molecule has 3 atom stereocenters. The third-order valence-electron chi connectivity index (χ3n) is 3.49. The zero-order chi connectivity index (χ0) is 16.7. The highest BCUT2D eigenvalue weighted by atomic mass is 16.4. The number of furan rings is 1. The molecule has 0 radical (unpaired) electrons. The van der Waals surface area contributed by atoms with Crippen LogP contribution >= 0.6 is 0 Å². The summed E-state index contributed by atoms with van der Waals surface area (Å²) < 4.78 is 6.98. The van der Waals surface area contributed by atoms with E-state index in [-0.39, 0.29) is 18.0 Å². The van der Waals surface area contributed by atoms with Gasteiger partial charge in [0.2, 0.25) is 0 Å². The van der Waals surface area contributed by atoms with Crippen LogP contribution in [0.25, 0.3) is 0 Å². The summed E-state index contributed by atoms with van der Waals surface area (Å²) in [6.45, 7) is 5.20. The number of carbonyl (C=O) groups excluding carboxylic acids is 1. The van der Waals surface area contributed by atoms with Crippen molar-refractivity contribution >= 4 is 6.03 Å². The first-order valence-electron chi connectivity index (χ1n) is 7.78. The maximum Gasteiger partial charge on any atom is 0.315 e. The van der Waals surface area contributed by atoms with Crippen molar-refractivity contribution in [3.8, 4) is 0 Å². The average Bonchev–Trinajstić information content (AvgIpc) is 3.18. The minimum Gasteiger partial charge on any atom is -0.467 e. The molecule has 0 saturated carbocycles. The number of carbonyl (C=O) groups is 1. The van der Waals surface area contributed by atoms with Crippen LogP contribution in [0.5, 0.6) is 0 Å². The number of hydrogen-bond acceptors (Lipinski definition) is 4. The maximum absolute atomic E-state index is 11.9. The summed E-state index contributed by atoms with van der Waals surface area (Å²) >= 11 is 0. The first-order valence-corrected chi connectivity index (χ1v) is 7.78. The fourth-order valence-electron chi connectivity index (χ4n) is 2.32. The predicted molar refractivity (Wildman–Crippen MR) is 85.7 cm³/mol. The molecule has 0 aliphatic carbocycles. The number of aliphatic hydroxyl groups excluding tert-OH is 1. The lowest BCUT2D eigenvalue weighted by atomic mass is 10.1. The fourth-order valence-corrected chi connectivity index (χ4v) is 2.32. The summed E-state index contributed by atoms with van der Waals surface area (Å²) in [6.07, 6.45) is 4.82. The van der Waals surface area contributed by atoms with Gasteiger partial charge < -0.3 is 20.2 Å². The Bertz CT molecular complexity index is 568. The summed E-state index contributed by atoms with van der Waals surface area (Å²) in [4.78, 5) is 11.9. The van der Waals surface area contributed by atoms with Crippen LogP contribution in [0.2, 0.25) is 0 Å². The van der Waals surface area contributed by atoms with Crippen molar-refractivity contribution in [2.45, 2.75) is 39.0 Å². The van der Waals surface area contributed by atoms with Gasteiger partial charge in [-0.05, 0) is 31.0 Å². The van der Waals surface area contributed by atoms with Gasteiger partial charge in [-0.15, -0.1) is 0 Å². The van der Waals surface area contributed by atoms with Crippen molar-refractivity contribution in [2.75, 3.05) is 6.54 Å². The summed E-state index contributed by atoms with van der Waals surface area (Å²) in [5, 5.41) is 19.8. The second kappa shape index (κ2) is 8.38. The van der Waals surface area contributed by atoms with E-state index in [1.165, 1.54) is 6.26 Å². The van der Waals surface area contributed by atoms with Crippen LogP contribution < -0.4 is 10.6 Å². The highest BCUT2D eigenvalue weighted by molar-refractivity contribution is 5.74. The number of urea groups is 1. The van der Waals surface area contributed by atoms with E-state index in [9.17, 15) is 9.90 Å². The molecule has 7 heteroatoms. The Hall–Kier alpha value is -2.28. The Morgan fingerprint density at radius 2 is 2.26 bits per heavy atom. The van der Waals surface area contributed by atoms with Gasteiger partial charge >= 0.3 is 6.03 Å². The topological polar surface area (TPSA) is 92.3 Å². The number of rotatable bonds is 8. The summed E-state index contributed by atoms with van der Waals surface area (Å²) in [6, 6.07) is 4.91. The standard InChI is InChI=1S/C16H24N4O3/c1-12(11-20-7-4-6-18-20)10-17-16(22)19-13(2)9-14(21)15-5-3-8-23-15/h3-8,12-14,21H,9-11H2,1-2H3,(H2,17,19,22). The molecule has 2 aromatic heterocycles. The van der Waals surface area contributed by atoms with Gasteiger partial charge in [0.05, 0.1) is 6.26 Å². The zero-order valence-electron chi connectivity index (χ0n) is 13.5. The molecule has 7 nitrogen and oxygen atoms in total. The number of nitrogens with zero attached hydrogens (tertiary/aromatic N) is 2. The van der Waals surface area contributed by atoms with Crippen LogP contribution in [-0.2, 0) is 6.54 Å². The molecule has 3 N–H and O–H groups in total. The normalized spacial score (nSPS) is 14.9. The Labute approximate surface area is 135 Å². The molecule has 0 aromatic carbocycles. The average molecular weight is 320 g/mol. The first-order chi connectivity index (χ1) is 11.0. The number of nitrogens with one attached hydrogen (secondary N) is 2. The van der Waals surface area contributed by atoms with E-state index < -0.39 is 6.10 Å². The summed E-state index contributed by atoms with van der Waals surface area (Å²) in [5.74, 6) is 0.775. The number of aromatic nitrogens is 2. The van der Waals surface area contributed by atoms with Gasteiger partial charge in [0.1, 0.15) is 11.9 Å². The van der Waals surface area contributed by atoms with Gasteiger partial charge in [-0.2, -0.15) is 5.10 Å². The van der Waals surface area contributed by atoms with E-state index in [0.717, 1.165) is 6.54 Å². The third kappa shape index (κ3) is 5.78. The lowest BCUT2D eigenvalue weighted by molar-refractivity contribution is 0.129. The molecule has 2 amide bonds. The molecule has 126 valence electrons. The molecular formula is C16H24N4O3. The van der Waals surface area contributed by atoms with Gasteiger partial charge in [0, 0.05) is 37.9 Å². The van der Waals surface area contributed by atoms with Crippen LogP contribution in [-0.4, -0.2) is 33.5 Å². The lowest BCUT2D eigenvalue weighted by Crippen LogP contribution is -2.43. The van der Waals surface area contributed by atoms with Gasteiger partial charge in [-0.3, -0.25) is 4.68 Å². The molecule has 2 aromatic rings. The molecular weight excluding hydrogens is 296 g/mol. The highest BCUT2D eigenvalue weighted by Gasteiger charge is 2.16. The van der Waals surface area contributed by atoms with Gasteiger partial charge in [-0.1, -0.05) is 6.92 Å². The molecule has 0 aliphatic rings. The van der Waals surface area contributed by atoms with Crippen LogP contribution in [0.1, 0.15) is 32.1 Å². The van der Waals surface area contributed by atoms with Crippen molar-refractivity contribution < 1.29 is 14.3 Å². The third-order valence-corrected chi connectivity index (χ3v) is 3.49. The van der Waals surface area contributed by atoms with E-state index in [2.05, 4.69) is 15.7 Å². The first kappa shape index (κ1) is 17.1. The van der Waals surface area contributed by atoms with Crippen molar-refractivity contribution in [1.82, 2.24) is 20.4 Å². The van der Waals surface area contributed by atoms with Crippen LogP contribution in [0.15, 0.2) is 41.3 Å². The van der Waals surface area contributed by atoms with Gasteiger partial charge in [-0.25, -0.2) is 4.79 Å². The zero-order valence-corrected chi connectivity index (χ0v) is 13.5. The summed E-state index contributed by atoms with van der Waals surface area (Å²) in [7, 11) is 0. The van der Waals surface area contributed by atoms with Crippen molar-refractivity contribution in [1.29, 1.82) is 0 Å². The maximum atomic E-state index is 11.9. The number of hydrogen-bond donors (Lipinski definition) is 3. The van der Waals surface area contributed by atoms with Gasteiger partial charge in [0.15, 0.2) is 0 Å². The minimum atomic E-state index is -0.723. The van der Waals surface area contributed by atoms with Gasteiger partial charge in [0.25, 0.3) is 0 Å². The van der Waals surface area contributed by atoms with Crippen LogP contribution in [0, 0.1) is 5.92 Å². The van der Waals surface area contributed by atoms with Crippen molar-refractivity contribution in [2.24, 2.45) is 5.92 Å². The fraction of sp³-hybridized carbons (Fsp3) is 0.500. The second-order valence-electron chi connectivity index (χ2n) is 5.86. The predicted octanol–water partition coefficient (Wildman–Crippen LogP) is 1.92. The molecule has 2 heterocycles. The SMILES string of the molecule is CC(CNC(=O)NC(C)CC(O)c1ccco1)Cn1cccn1. The molecule has 2 rings (SSSR count). The van der Waals surface area contributed by atoms with E-state index in [1.54, 1.807) is 18.3 Å². The molecule has 23 heavy (non-hydrogen) atoms. The largest absolute Gasteiger partial charge is 0.467 e. The molecule has 3 unspecified atom stereocenters. The van der Waals surface area contributed by atoms with E-state index in [4.69, 9.17) is 4.42 Å². The lowest BCUT2D eigenvalue weighted by Gasteiger charge is -2.18. The molecule has 0 saturated heterocycles. The van der Waals surface area contributed by atoms with Crippen molar-refractivity contribution in [3.05, 3.63) is 42.6 Å². The number of amides is 2. The van der Waals surface area contributed by atoms with E-state index >= 15 is 0 Å². The van der Waals surface area contributed by atoms with Crippen molar-refractivity contribution in [3.63, 3.8) is 0 Å². The van der Waals surface area contributed by atoms with E-state index in [1.807, 2.05) is 30.8 Å². The quantitative estimate of drug-likeness (QED) is 0.693. The minimum absolute atomic E-state index is 0.170. The Balaban J connectivity index is 1.65. The number of aliphatic hydroxyl groups is 1. The molecule has 0 aliphatic heterocycles. The highest BCUT2D eigenvalue weighted by Crippen LogP contribution is 2.18. The molecule has 0 spiro atoms. The molecule has 0 fully saturated rings. The summed E-state index contributed by atoms with van der Waals surface area (Å²) in [5.41, 5.74) is 0. The van der Waals surface area contributed by atoms with E-state index in [0.29, 0.717) is 18.7 Å². The monoisotopic (exact) mass is 320 g/mol. The van der Waals surface area contributed by atoms with Crippen LogP contribution in [0.4, 0.5) is 4.79 Å². The molecule has 0 bridgehead atoms. The second-order valence-corrected chi connectivity index (χ2v) is 5.86. The Morgan fingerprint density at radius 3 is 2.91 bits per heavy atom. The smallest absolute Gasteiger partial charge is 0.315 e. The van der Waals surface area contributed by atoms with Crippen LogP contribution in [0.3, 0.4) is 0 Å².